The van der Waals surface area contributed by atoms with Crippen LogP contribution in [0.2, 0.25) is 0 Å². The molecule has 2 N–H and O–H groups in total. The predicted molar refractivity (Wildman–Crippen MR) is 61.3 cm³/mol. The number of aryl methyl sites for hydroxylation is 2. The highest BCUT2D eigenvalue weighted by atomic mass is 32.1. The summed E-state index contributed by atoms with van der Waals surface area (Å²) in [5, 5.41) is 6.64. The number of thiazole rings is 1. The summed E-state index contributed by atoms with van der Waals surface area (Å²) in [7, 11) is 0. The molecule has 0 unspecified atom stereocenters. The van der Waals surface area contributed by atoms with Crippen LogP contribution in [-0.2, 0) is 11.2 Å². The first kappa shape index (κ1) is 10.6. The molecule has 1 amide bonds. The number of amides is 1. The van der Waals surface area contributed by atoms with E-state index >= 15 is 0 Å². The molecular formula is C10H15N3OS. The van der Waals surface area contributed by atoms with Crippen LogP contribution in [0.5, 0.6) is 0 Å². The van der Waals surface area contributed by atoms with E-state index < -0.39 is 0 Å². The maximum atomic E-state index is 11.6. The van der Waals surface area contributed by atoms with Gasteiger partial charge < -0.3 is 10.6 Å². The van der Waals surface area contributed by atoms with Crippen LogP contribution < -0.4 is 10.6 Å². The van der Waals surface area contributed by atoms with Crippen molar-refractivity contribution in [3.05, 3.63) is 10.6 Å². The third-order valence-corrected chi connectivity index (χ3v) is 3.53. The van der Waals surface area contributed by atoms with Crippen molar-refractivity contribution >= 4 is 22.4 Å². The number of carbonyl (C=O) groups excluding carboxylic acids is 1. The Labute approximate surface area is 93.1 Å². The van der Waals surface area contributed by atoms with Gasteiger partial charge in [0.05, 0.1) is 11.7 Å². The molecule has 0 saturated carbocycles. The fourth-order valence-electron chi connectivity index (χ4n) is 1.51. The molecule has 1 aromatic rings. The van der Waals surface area contributed by atoms with Crippen LogP contribution in [0.4, 0.5) is 5.13 Å². The van der Waals surface area contributed by atoms with Crippen molar-refractivity contribution in [2.24, 2.45) is 0 Å². The lowest BCUT2D eigenvalue weighted by molar-refractivity contribution is -0.119. The van der Waals surface area contributed by atoms with Crippen molar-refractivity contribution in [3.63, 3.8) is 0 Å². The maximum Gasteiger partial charge on any atom is 0.243 e. The zero-order chi connectivity index (χ0) is 10.8. The molecule has 0 aromatic carbocycles. The smallest absolute Gasteiger partial charge is 0.243 e. The molecule has 1 fully saturated rings. The van der Waals surface area contributed by atoms with E-state index in [0.29, 0.717) is 0 Å². The molecule has 0 bridgehead atoms. The number of aromatic nitrogens is 1. The van der Waals surface area contributed by atoms with Crippen molar-refractivity contribution in [3.8, 4) is 0 Å². The van der Waals surface area contributed by atoms with Gasteiger partial charge in [0.15, 0.2) is 5.13 Å². The molecule has 2 heterocycles. The van der Waals surface area contributed by atoms with Gasteiger partial charge in [0.1, 0.15) is 0 Å². The van der Waals surface area contributed by atoms with Gasteiger partial charge in [-0.3, -0.25) is 4.79 Å². The van der Waals surface area contributed by atoms with Gasteiger partial charge in [0.2, 0.25) is 5.91 Å². The fraction of sp³-hybridized carbons (Fsp3) is 0.600. The molecule has 1 aliphatic heterocycles. The van der Waals surface area contributed by atoms with E-state index in [1.54, 1.807) is 11.3 Å². The SMILES string of the molecule is CCc1nc(NC(=O)[C@H]2CCN2)sc1C. The Balaban J connectivity index is 2.00. The van der Waals surface area contributed by atoms with E-state index in [1.807, 2.05) is 6.92 Å². The Kier molecular flexibility index (Phi) is 3.02. The second kappa shape index (κ2) is 4.28. The molecule has 1 aromatic heterocycles. The van der Waals surface area contributed by atoms with E-state index in [9.17, 15) is 4.79 Å². The van der Waals surface area contributed by atoms with Crippen molar-refractivity contribution < 1.29 is 4.79 Å². The Morgan fingerprint density at radius 3 is 2.93 bits per heavy atom. The molecule has 15 heavy (non-hydrogen) atoms. The van der Waals surface area contributed by atoms with E-state index in [4.69, 9.17) is 0 Å². The molecule has 5 heteroatoms. The van der Waals surface area contributed by atoms with Crippen molar-refractivity contribution in [2.75, 3.05) is 11.9 Å². The Morgan fingerprint density at radius 1 is 1.73 bits per heavy atom. The lowest BCUT2D eigenvalue weighted by Gasteiger charge is -2.25. The molecule has 0 radical (unpaired) electrons. The van der Waals surface area contributed by atoms with Crippen LogP contribution in [0.25, 0.3) is 0 Å². The zero-order valence-corrected chi connectivity index (χ0v) is 9.78. The van der Waals surface area contributed by atoms with Gasteiger partial charge in [-0.15, -0.1) is 11.3 Å². The highest BCUT2D eigenvalue weighted by Crippen LogP contribution is 2.22. The van der Waals surface area contributed by atoms with Crippen LogP contribution in [0.3, 0.4) is 0 Å². The topological polar surface area (TPSA) is 54.0 Å². The summed E-state index contributed by atoms with van der Waals surface area (Å²) in [6.07, 6.45) is 1.84. The minimum Gasteiger partial charge on any atom is -0.306 e. The van der Waals surface area contributed by atoms with Crippen LogP contribution in [0.15, 0.2) is 0 Å². The molecule has 1 saturated heterocycles. The number of nitrogens with zero attached hydrogens (tertiary/aromatic N) is 1. The molecule has 82 valence electrons. The minimum atomic E-state index is -0.0146. The van der Waals surface area contributed by atoms with Crippen LogP contribution in [-0.4, -0.2) is 23.5 Å². The van der Waals surface area contributed by atoms with Gasteiger partial charge in [-0.25, -0.2) is 4.98 Å². The Hall–Kier alpha value is -0.940. The molecule has 2 rings (SSSR count). The summed E-state index contributed by atoms with van der Waals surface area (Å²) in [5.41, 5.74) is 1.08. The Morgan fingerprint density at radius 2 is 2.47 bits per heavy atom. The van der Waals surface area contributed by atoms with Gasteiger partial charge in [0.25, 0.3) is 0 Å². The molecule has 1 atom stereocenters. The molecule has 1 aliphatic rings. The van der Waals surface area contributed by atoms with Crippen molar-refractivity contribution in [2.45, 2.75) is 32.7 Å². The number of hydrogen-bond donors (Lipinski definition) is 2. The zero-order valence-electron chi connectivity index (χ0n) is 8.96. The van der Waals surface area contributed by atoms with E-state index in [0.717, 1.165) is 30.2 Å². The largest absolute Gasteiger partial charge is 0.306 e. The monoisotopic (exact) mass is 225 g/mol. The van der Waals surface area contributed by atoms with Crippen LogP contribution in [0, 0.1) is 6.92 Å². The van der Waals surface area contributed by atoms with Gasteiger partial charge in [-0.1, -0.05) is 6.92 Å². The quantitative estimate of drug-likeness (QED) is 0.815. The van der Waals surface area contributed by atoms with Gasteiger partial charge in [-0.05, 0) is 26.3 Å². The van der Waals surface area contributed by atoms with Crippen molar-refractivity contribution in [1.29, 1.82) is 0 Å². The number of rotatable bonds is 3. The van der Waals surface area contributed by atoms with E-state index in [1.165, 1.54) is 4.88 Å². The van der Waals surface area contributed by atoms with Gasteiger partial charge in [0, 0.05) is 4.88 Å². The van der Waals surface area contributed by atoms with Gasteiger partial charge in [-0.2, -0.15) is 0 Å². The molecular weight excluding hydrogens is 210 g/mol. The maximum absolute atomic E-state index is 11.6. The standard InChI is InChI=1S/C10H15N3OS/c1-3-7-6(2)15-10(12-7)13-9(14)8-4-5-11-8/h8,11H,3-5H2,1-2H3,(H,12,13,14)/t8-/m1/s1. The number of carbonyl (C=O) groups is 1. The number of anilines is 1. The summed E-state index contributed by atoms with van der Waals surface area (Å²) >= 11 is 1.55. The van der Waals surface area contributed by atoms with E-state index in [-0.39, 0.29) is 11.9 Å². The number of nitrogens with one attached hydrogen (secondary N) is 2. The van der Waals surface area contributed by atoms with Crippen molar-refractivity contribution in [1.82, 2.24) is 10.3 Å². The average molecular weight is 225 g/mol. The first-order valence-corrected chi connectivity index (χ1v) is 6.03. The minimum absolute atomic E-state index is 0.0146. The highest BCUT2D eigenvalue weighted by Gasteiger charge is 2.25. The second-order valence-corrected chi connectivity index (χ2v) is 4.86. The summed E-state index contributed by atoms with van der Waals surface area (Å²) in [6.45, 7) is 5.05. The second-order valence-electron chi connectivity index (χ2n) is 3.66. The summed E-state index contributed by atoms with van der Waals surface area (Å²) < 4.78 is 0. The molecule has 4 nitrogen and oxygen atoms in total. The van der Waals surface area contributed by atoms with Crippen LogP contribution in [0.1, 0.15) is 23.9 Å². The fourth-order valence-corrected chi connectivity index (χ4v) is 2.42. The predicted octanol–water partition coefficient (Wildman–Crippen LogP) is 1.31. The summed E-state index contributed by atoms with van der Waals surface area (Å²) in [4.78, 5) is 17.2. The summed E-state index contributed by atoms with van der Waals surface area (Å²) in [6, 6.07) is -0.0146. The molecule has 0 aliphatic carbocycles. The Bertz CT molecular complexity index is 371. The number of hydrogen-bond acceptors (Lipinski definition) is 4. The lowest BCUT2D eigenvalue weighted by Crippen LogP contribution is -2.50. The third-order valence-electron chi connectivity index (χ3n) is 2.60. The summed E-state index contributed by atoms with van der Waals surface area (Å²) in [5.74, 6) is 0.0395. The average Bonchev–Trinajstić information content (AvgIpc) is 2.42. The highest BCUT2D eigenvalue weighted by molar-refractivity contribution is 7.15. The van der Waals surface area contributed by atoms with E-state index in [2.05, 4.69) is 22.5 Å². The first-order valence-electron chi connectivity index (χ1n) is 5.21. The first-order chi connectivity index (χ1) is 7.20. The van der Waals surface area contributed by atoms with Crippen LogP contribution >= 0.6 is 11.3 Å². The van der Waals surface area contributed by atoms with Gasteiger partial charge >= 0.3 is 0 Å². The third kappa shape index (κ3) is 2.18. The lowest BCUT2D eigenvalue weighted by atomic mass is 10.1. The molecule has 0 spiro atoms. The normalized spacial score (nSPS) is 19.7.